The first kappa shape index (κ1) is 14.7. The molecule has 2 atom stereocenters. The molecular formula is C14H20N2OS2. The first-order valence-electron chi connectivity index (χ1n) is 6.44. The summed E-state index contributed by atoms with van der Waals surface area (Å²) in [5.74, 6) is 0. The fourth-order valence-corrected chi connectivity index (χ4v) is 3.63. The standard InChI is InChI=1S/C14H20N2OS2/c1-9(7-12(17)13-5-4-6-18-13)15-8-14-10(2)16-11(3)19-14/h4-6,9,12,15,17H,7-8H2,1-3H3/t9-,12+/m0/s1. The highest BCUT2D eigenvalue weighted by Gasteiger charge is 2.13. The van der Waals surface area contributed by atoms with Gasteiger partial charge in [0.2, 0.25) is 0 Å². The lowest BCUT2D eigenvalue weighted by molar-refractivity contribution is 0.157. The zero-order valence-electron chi connectivity index (χ0n) is 11.5. The van der Waals surface area contributed by atoms with Gasteiger partial charge in [0.05, 0.1) is 16.8 Å². The van der Waals surface area contributed by atoms with Crippen LogP contribution in [0, 0.1) is 13.8 Å². The summed E-state index contributed by atoms with van der Waals surface area (Å²) in [6, 6.07) is 4.24. The van der Waals surface area contributed by atoms with Gasteiger partial charge in [0.25, 0.3) is 0 Å². The van der Waals surface area contributed by atoms with Gasteiger partial charge < -0.3 is 10.4 Å². The lowest BCUT2D eigenvalue weighted by Crippen LogP contribution is -2.27. The summed E-state index contributed by atoms with van der Waals surface area (Å²) in [6.45, 7) is 7.02. The second-order valence-electron chi connectivity index (χ2n) is 4.79. The van der Waals surface area contributed by atoms with Gasteiger partial charge in [-0.15, -0.1) is 22.7 Å². The highest BCUT2D eigenvalue weighted by Crippen LogP contribution is 2.23. The van der Waals surface area contributed by atoms with E-state index in [1.807, 2.05) is 31.4 Å². The van der Waals surface area contributed by atoms with Gasteiger partial charge in [0.15, 0.2) is 0 Å². The Morgan fingerprint density at radius 3 is 2.79 bits per heavy atom. The van der Waals surface area contributed by atoms with Crippen molar-refractivity contribution in [1.82, 2.24) is 10.3 Å². The van der Waals surface area contributed by atoms with Gasteiger partial charge in [-0.2, -0.15) is 0 Å². The van der Waals surface area contributed by atoms with Gasteiger partial charge in [0.1, 0.15) is 0 Å². The Morgan fingerprint density at radius 1 is 1.42 bits per heavy atom. The van der Waals surface area contributed by atoms with Gasteiger partial charge in [-0.05, 0) is 38.6 Å². The van der Waals surface area contributed by atoms with E-state index in [2.05, 4.69) is 17.2 Å². The van der Waals surface area contributed by atoms with Crippen LogP contribution in [0.2, 0.25) is 0 Å². The van der Waals surface area contributed by atoms with Crippen molar-refractivity contribution >= 4 is 22.7 Å². The van der Waals surface area contributed by atoms with Crippen molar-refractivity contribution in [2.24, 2.45) is 0 Å². The Balaban J connectivity index is 1.81. The summed E-state index contributed by atoms with van der Waals surface area (Å²) in [6.07, 6.45) is 0.365. The predicted octanol–water partition coefficient (Wildman–Crippen LogP) is 3.42. The molecule has 3 nitrogen and oxygen atoms in total. The monoisotopic (exact) mass is 296 g/mol. The maximum absolute atomic E-state index is 10.1. The van der Waals surface area contributed by atoms with Gasteiger partial charge in [-0.1, -0.05) is 6.07 Å². The van der Waals surface area contributed by atoms with Gasteiger partial charge in [-0.25, -0.2) is 4.98 Å². The molecule has 2 aromatic heterocycles. The van der Waals surface area contributed by atoms with E-state index < -0.39 is 0 Å². The number of rotatable bonds is 6. The molecule has 0 aliphatic carbocycles. The molecule has 0 aliphatic heterocycles. The number of hydrogen-bond acceptors (Lipinski definition) is 5. The van der Waals surface area contributed by atoms with Crippen LogP contribution in [0.1, 0.15) is 39.9 Å². The zero-order valence-corrected chi connectivity index (χ0v) is 13.1. The summed E-state index contributed by atoms with van der Waals surface area (Å²) in [5, 5.41) is 16.7. The Bertz CT molecular complexity index is 508. The Kier molecular flexibility index (Phi) is 5.10. The number of aliphatic hydroxyl groups is 1. The summed E-state index contributed by atoms with van der Waals surface area (Å²) in [5.41, 5.74) is 1.11. The quantitative estimate of drug-likeness (QED) is 0.858. The predicted molar refractivity (Wildman–Crippen MR) is 81.8 cm³/mol. The largest absolute Gasteiger partial charge is 0.388 e. The number of thiazole rings is 1. The van der Waals surface area contributed by atoms with E-state index in [1.54, 1.807) is 22.7 Å². The molecule has 0 unspecified atom stereocenters. The van der Waals surface area contributed by atoms with E-state index in [0.717, 1.165) is 28.5 Å². The molecule has 0 aliphatic rings. The molecule has 2 N–H and O–H groups in total. The summed E-state index contributed by atoms with van der Waals surface area (Å²) >= 11 is 3.35. The Hall–Kier alpha value is -0.750. The van der Waals surface area contributed by atoms with Crippen molar-refractivity contribution in [3.05, 3.63) is 38.0 Å². The molecule has 0 fully saturated rings. The Labute approximate surface area is 122 Å². The maximum Gasteiger partial charge on any atom is 0.0900 e. The van der Waals surface area contributed by atoms with E-state index in [-0.39, 0.29) is 12.1 Å². The first-order valence-corrected chi connectivity index (χ1v) is 8.13. The van der Waals surface area contributed by atoms with Gasteiger partial charge in [0, 0.05) is 22.3 Å². The van der Waals surface area contributed by atoms with Crippen LogP contribution in [0.4, 0.5) is 0 Å². The number of nitrogens with zero attached hydrogens (tertiary/aromatic N) is 1. The molecule has 0 amide bonds. The molecule has 2 aromatic rings. The third-order valence-electron chi connectivity index (χ3n) is 3.06. The molecule has 0 saturated heterocycles. The number of nitrogens with one attached hydrogen (secondary N) is 1. The van der Waals surface area contributed by atoms with Gasteiger partial charge in [-0.3, -0.25) is 0 Å². The third-order valence-corrected chi connectivity index (χ3v) is 5.11. The van der Waals surface area contributed by atoms with Crippen molar-refractivity contribution in [2.75, 3.05) is 0 Å². The van der Waals surface area contributed by atoms with Crippen molar-refractivity contribution in [3.8, 4) is 0 Å². The minimum atomic E-state index is -0.369. The van der Waals surface area contributed by atoms with E-state index in [1.165, 1.54) is 4.88 Å². The minimum absolute atomic E-state index is 0.277. The minimum Gasteiger partial charge on any atom is -0.388 e. The second-order valence-corrected chi connectivity index (χ2v) is 7.06. The summed E-state index contributed by atoms with van der Waals surface area (Å²) in [7, 11) is 0. The lowest BCUT2D eigenvalue weighted by Gasteiger charge is -2.16. The normalized spacial score (nSPS) is 14.5. The zero-order chi connectivity index (χ0) is 13.8. The summed E-state index contributed by atoms with van der Waals surface area (Å²) < 4.78 is 0. The van der Waals surface area contributed by atoms with Crippen molar-refractivity contribution in [3.63, 3.8) is 0 Å². The topological polar surface area (TPSA) is 45.2 Å². The number of hydrogen-bond donors (Lipinski definition) is 2. The molecule has 19 heavy (non-hydrogen) atoms. The van der Waals surface area contributed by atoms with Crippen LogP contribution in [0.15, 0.2) is 17.5 Å². The molecule has 2 heterocycles. The smallest absolute Gasteiger partial charge is 0.0900 e. The Morgan fingerprint density at radius 2 is 2.21 bits per heavy atom. The molecular weight excluding hydrogens is 276 g/mol. The van der Waals surface area contributed by atoms with Gasteiger partial charge >= 0.3 is 0 Å². The molecule has 0 bridgehead atoms. The molecule has 5 heteroatoms. The van der Waals surface area contributed by atoms with Crippen LogP contribution in [0.25, 0.3) is 0 Å². The SMILES string of the molecule is Cc1nc(C)c(CN[C@@H](C)C[C@@H](O)c2cccs2)s1. The van der Waals surface area contributed by atoms with E-state index >= 15 is 0 Å². The van der Waals surface area contributed by atoms with Crippen molar-refractivity contribution in [2.45, 2.75) is 45.9 Å². The molecule has 2 rings (SSSR count). The fourth-order valence-electron chi connectivity index (χ4n) is 2.02. The van der Waals surface area contributed by atoms with Crippen LogP contribution >= 0.6 is 22.7 Å². The lowest BCUT2D eigenvalue weighted by atomic mass is 10.1. The van der Waals surface area contributed by atoms with Crippen LogP contribution in [-0.4, -0.2) is 16.1 Å². The second kappa shape index (κ2) is 6.61. The number of aliphatic hydroxyl groups excluding tert-OH is 1. The van der Waals surface area contributed by atoms with Crippen LogP contribution in [-0.2, 0) is 6.54 Å². The van der Waals surface area contributed by atoms with Crippen molar-refractivity contribution < 1.29 is 5.11 Å². The number of aryl methyl sites for hydroxylation is 2. The fraction of sp³-hybridized carbons (Fsp3) is 0.500. The van der Waals surface area contributed by atoms with Crippen LogP contribution < -0.4 is 5.32 Å². The molecule has 104 valence electrons. The first-order chi connectivity index (χ1) is 9.06. The molecule has 0 spiro atoms. The average molecular weight is 296 g/mol. The van der Waals surface area contributed by atoms with E-state index in [4.69, 9.17) is 0 Å². The average Bonchev–Trinajstić information content (AvgIpc) is 2.96. The molecule has 0 radical (unpaired) electrons. The highest BCUT2D eigenvalue weighted by atomic mass is 32.1. The van der Waals surface area contributed by atoms with E-state index in [9.17, 15) is 5.11 Å². The van der Waals surface area contributed by atoms with Crippen LogP contribution in [0.3, 0.4) is 0 Å². The molecule has 0 saturated carbocycles. The van der Waals surface area contributed by atoms with Crippen molar-refractivity contribution in [1.29, 1.82) is 0 Å². The highest BCUT2D eigenvalue weighted by molar-refractivity contribution is 7.11. The summed E-state index contributed by atoms with van der Waals surface area (Å²) in [4.78, 5) is 6.75. The number of aromatic nitrogens is 1. The maximum atomic E-state index is 10.1. The third kappa shape index (κ3) is 4.11. The van der Waals surface area contributed by atoms with Crippen LogP contribution in [0.5, 0.6) is 0 Å². The molecule has 0 aromatic carbocycles. The van der Waals surface area contributed by atoms with E-state index in [0.29, 0.717) is 0 Å². The number of thiophene rings is 1.